The maximum Gasteiger partial charge on any atom is 0.165 e. The lowest BCUT2D eigenvalue weighted by Gasteiger charge is -2.19. The van der Waals surface area contributed by atoms with Gasteiger partial charge in [-0.3, -0.25) is 0 Å². The maximum absolute atomic E-state index is 13.6. The van der Waals surface area contributed by atoms with Crippen LogP contribution in [0.5, 0.6) is 5.75 Å². The van der Waals surface area contributed by atoms with Crippen molar-refractivity contribution in [2.24, 2.45) is 0 Å². The first-order valence-corrected chi connectivity index (χ1v) is 5.66. The smallest absolute Gasteiger partial charge is 0.165 e. The van der Waals surface area contributed by atoms with Gasteiger partial charge in [-0.1, -0.05) is 18.2 Å². The van der Waals surface area contributed by atoms with E-state index in [-0.39, 0.29) is 5.82 Å². The van der Waals surface area contributed by atoms with Gasteiger partial charge in [0, 0.05) is 25.4 Å². The molecule has 94 valence electrons. The van der Waals surface area contributed by atoms with E-state index in [1.165, 1.54) is 6.07 Å². The van der Waals surface area contributed by atoms with Crippen LogP contribution in [0.1, 0.15) is 5.56 Å². The van der Waals surface area contributed by atoms with E-state index < -0.39 is 0 Å². The third-order valence-corrected chi connectivity index (χ3v) is 2.70. The number of halogens is 1. The number of hydrogen-bond acceptors (Lipinski definition) is 3. The second kappa shape index (κ2) is 5.49. The normalized spacial score (nSPS) is 10.2. The Kier molecular flexibility index (Phi) is 3.77. The highest BCUT2D eigenvalue weighted by molar-refractivity contribution is 5.42. The molecule has 1 aromatic carbocycles. The predicted molar refractivity (Wildman–Crippen MR) is 69.3 cm³/mol. The molecule has 0 saturated heterocycles. The molecule has 1 aromatic heterocycles. The van der Waals surface area contributed by atoms with Gasteiger partial charge in [0.25, 0.3) is 0 Å². The van der Waals surface area contributed by atoms with Gasteiger partial charge in [-0.25, -0.2) is 9.37 Å². The van der Waals surface area contributed by atoms with Crippen molar-refractivity contribution in [1.29, 1.82) is 0 Å². The molecule has 0 amide bonds. The summed E-state index contributed by atoms with van der Waals surface area (Å²) in [6, 6.07) is 10.7. The van der Waals surface area contributed by atoms with Gasteiger partial charge in [-0.15, -0.1) is 0 Å². The molecule has 0 fully saturated rings. The molecular formula is C14H15FN2O. The molecule has 1 heterocycles. The Morgan fingerprint density at radius 2 is 2.00 bits per heavy atom. The second-order valence-electron chi connectivity index (χ2n) is 3.98. The minimum atomic E-state index is -0.324. The first kappa shape index (κ1) is 12.4. The molecule has 2 rings (SSSR count). The van der Waals surface area contributed by atoms with Gasteiger partial charge < -0.3 is 9.64 Å². The number of nitrogens with zero attached hydrogens (tertiary/aromatic N) is 2. The number of aromatic nitrogens is 1. The standard InChI is InChI=1S/C14H15FN2O/c1-17(14-12(15)7-5-9-16-14)10-11-6-3-4-8-13(11)18-2/h3-9H,10H2,1-2H3. The zero-order valence-electron chi connectivity index (χ0n) is 10.4. The summed E-state index contributed by atoms with van der Waals surface area (Å²) in [5.74, 6) is 0.805. The maximum atomic E-state index is 13.6. The summed E-state index contributed by atoms with van der Waals surface area (Å²) in [5, 5.41) is 0. The SMILES string of the molecule is COc1ccccc1CN(C)c1ncccc1F. The molecule has 0 aliphatic heterocycles. The van der Waals surface area contributed by atoms with Crippen LogP contribution >= 0.6 is 0 Å². The summed E-state index contributed by atoms with van der Waals surface area (Å²) in [5.41, 5.74) is 0.993. The van der Waals surface area contributed by atoms with E-state index in [2.05, 4.69) is 4.98 Å². The molecule has 0 saturated carbocycles. The molecule has 0 N–H and O–H groups in total. The van der Waals surface area contributed by atoms with Crippen LogP contribution in [0.4, 0.5) is 10.2 Å². The first-order valence-electron chi connectivity index (χ1n) is 5.66. The van der Waals surface area contributed by atoms with Crippen molar-refractivity contribution < 1.29 is 9.13 Å². The van der Waals surface area contributed by atoms with Gasteiger partial charge in [0.1, 0.15) is 5.75 Å². The fraction of sp³-hybridized carbons (Fsp3) is 0.214. The van der Waals surface area contributed by atoms with Crippen molar-refractivity contribution in [3.8, 4) is 5.75 Å². The van der Waals surface area contributed by atoms with Crippen molar-refractivity contribution >= 4 is 5.82 Å². The molecule has 2 aromatic rings. The van der Waals surface area contributed by atoms with Gasteiger partial charge in [0.05, 0.1) is 7.11 Å². The molecule has 0 radical (unpaired) electrons. The monoisotopic (exact) mass is 246 g/mol. The van der Waals surface area contributed by atoms with Gasteiger partial charge >= 0.3 is 0 Å². The molecule has 0 aliphatic rings. The number of rotatable bonds is 4. The third-order valence-electron chi connectivity index (χ3n) is 2.70. The van der Waals surface area contributed by atoms with E-state index in [1.54, 1.807) is 31.3 Å². The fourth-order valence-electron chi connectivity index (χ4n) is 1.82. The van der Waals surface area contributed by atoms with Crippen LogP contribution in [0.2, 0.25) is 0 Å². The number of methoxy groups -OCH3 is 1. The van der Waals surface area contributed by atoms with Gasteiger partial charge in [0.15, 0.2) is 11.6 Å². The van der Waals surface area contributed by atoms with Crippen molar-refractivity contribution in [3.05, 3.63) is 54.0 Å². The quantitative estimate of drug-likeness (QED) is 0.829. The zero-order valence-corrected chi connectivity index (χ0v) is 10.4. The van der Waals surface area contributed by atoms with Crippen molar-refractivity contribution in [2.75, 3.05) is 19.1 Å². The number of ether oxygens (including phenoxy) is 1. The summed E-state index contributed by atoms with van der Waals surface area (Å²) < 4.78 is 18.9. The minimum Gasteiger partial charge on any atom is -0.496 e. The number of anilines is 1. The summed E-state index contributed by atoms with van der Waals surface area (Å²) in [4.78, 5) is 5.80. The van der Waals surface area contributed by atoms with Crippen LogP contribution in [0.15, 0.2) is 42.6 Å². The molecule has 4 heteroatoms. The average molecular weight is 246 g/mol. The zero-order chi connectivity index (χ0) is 13.0. The van der Waals surface area contributed by atoms with Crippen molar-refractivity contribution in [1.82, 2.24) is 4.98 Å². The summed E-state index contributed by atoms with van der Waals surface area (Å²) in [6.45, 7) is 0.540. The molecular weight excluding hydrogens is 231 g/mol. The molecule has 0 aliphatic carbocycles. The molecule has 3 nitrogen and oxygen atoms in total. The summed E-state index contributed by atoms with van der Waals surface area (Å²) in [7, 11) is 3.43. The predicted octanol–water partition coefficient (Wildman–Crippen LogP) is 2.87. The molecule has 0 atom stereocenters. The van der Waals surface area contributed by atoms with Gasteiger partial charge in [-0.2, -0.15) is 0 Å². The molecule has 0 unspecified atom stereocenters. The van der Waals surface area contributed by atoms with E-state index in [4.69, 9.17) is 4.74 Å². The lowest BCUT2D eigenvalue weighted by Crippen LogP contribution is -2.19. The van der Waals surface area contributed by atoms with Crippen LogP contribution < -0.4 is 9.64 Å². The van der Waals surface area contributed by atoms with E-state index in [1.807, 2.05) is 24.3 Å². The Morgan fingerprint density at radius 3 is 2.72 bits per heavy atom. The summed E-state index contributed by atoms with van der Waals surface area (Å²) >= 11 is 0. The summed E-state index contributed by atoms with van der Waals surface area (Å²) in [6.07, 6.45) is 1.58. The van der Waals surface area contributed by atoms with E-state index in [9.17, 15) is 4.39 Å². The van der Waals surface area contributed by atoms with E-state index >= 15 is 0 Å². The molecule has 0 spiro atoms. The van der Waals surface area contributed by atoms with Crippen molar-refractivity contribution in [3.63, 3.8) is 0 Å². The Labute approximate surface area is 106 Å². The topological polar surface area (TPSA) is 25.4 Å². The highest BCUT2D eigenvalue weighted by Gasteiger charge is 2.10. The minimum absolute atomic E-state index is 0.324. The van der Waals surface area contributed by atoms with Crippen LogP contribution in [-0.2, 0) is 6.54 Å². The van der Waals surface area contributed by atoms with Gasteiger partial charge in [-0.05, 0) is 18.2 Å². The Hall–Kier alpha value is -2.10. The first-order chi connectivity index (χ1) is 8.72. The highest BCUT2D eigenvalue weighted by Crippen LogP contribution is 2.22. The Morgan fingerprint density at radius 1 is 1.22 bits per heavy atom. The van der Waals surface area contributed by atoms with E-state index in [0.29, 0.717) is 12.4 Å². The molecule has 0 bridgehead atoms. The molecule has 18 heavy (non-hydrogen) atoms. The Balaban J connectivity index is 2.21. The average Bonchev–Trinajstić information content (AvgIpc) is 2.39. The lowest BCUT2D eigenvalue weighted by atomic mass is 10.2. The van der Waals surface area contributed by atoms with Gasteiger partial charge in [0.2, 0.25) is 0 Å². The number of pyridine rings is 1. The highest BCUT2D eigenvalue weighted by atomic mass is 19.1. The van der Waals surface area contributed by atoms with Crippen LogP contribution in [-0.4, -0.2) is 19.1 Å². The van der Waals surface area contributed by atoms with Crippen LogP contribution in [0, 0.1) is 5.82 Å². The fourth-order valence-corrected chi connectivity index (χ4v) is 1.82. The number of hydrogen-bond donors (Lipinski definition) is 0. The van der Waals surface area contributed by atoms with E-state index in [0.717, 1.165) is 11.3 Å². The largest absolute Gasteiger partial charge is 0.496 e. The van der Waals surface area contributed by atoms with Crippen molar-refractivity contribution in [2.45, 2.75) is 6.54 Å². The third kappa shape index (κ3) is 2.59. The number of para-hydroxylation sites is 1. The lowest BCUT2D eigenvalue weighted by molar-refractivity contribution is 0.409. The Bertz CT molecular complexity index is 531. The van der Waals surface area contributed by atoms with Crippen LogP contribution in [0.3, 0.4) is 0 Å². The number of benzene rings is 1. The second-order valence-corrected chi connectivity index (χ2v) is 3.98. The van der Waals surface area contributed by atoms with Crippen LogP contribution in [0.25, 0.3) is 0 Å².